The molecule has 0 radical (unpaired) electrons. The lowest BCUT2D eigenvalue weighted by Crippen LogP contribution is -2.53. The maximum atomic E-state index is 12.5. The van der Waals surface area contributed by atoms with Crippen molar-refractivity contribution < 1.29 is 4.79 Å². The Balaban J connectivity index is 1.62. The smallest absolute Gasteiger partial charge is 0.252 e. The highest BCUT2D eigenvalue weighted by Gasteiger charge is 2.28. The van der Waals surface area contributed by atoms with Crippen LogP contribution in [0.3, 0.4) is 0 Å². The molecule has 6 nitrogen and oxygen atoms in total. The van der Waals surface area contributed by atoms with Gasteiger partial charge in [0.25, 0.3) is 5.91 Å². The van der Waals surface area contributed by atoms with Crippen LogP contribution in [-0.4, -0.2) is 50.7 Å². The molecular formula is C20H29N5O. The largest absolute Gasteiger partial charge is 0.350 e. The fraction of sp³-hybridized carbons (Fsp3) is 0.550. The van der Waals surface area contributed by atoms with Gasteiger partial charge >= 0.3 is 0 Å². The summed E-state index contributed by atoms with van der Waals surface area (Å²) in [7, 11) is 0. The van der Waals surface area contributed by atoms with Crippen LogP contribution in [0.25, 0.3) is 5.82 Å². The molecular weight excluding hydrogens is 326 g/mol. The number of hydrogen-bond donors (Lipinski definition) is 1. The number of nitrogens with zero attached hydrogens (tertiary/aromatic N) is 4. The van der Waals surface area contributed by atoms with Gasteiger partial charge in [-0.3, -0.25) is 9.69 Å². The third kappa shape index (κ3) is 4.12. The highest BCUT2D eigenvalue weighted by atomic mass is 16.1. The van der Waals surface area contributed by atoms with Gasteiger partial charge in [0.05, 0.1) is 11.3 Å². The van der Waals surface area contributed by atoms with E-state index in [1.807, 2.05) is 32.0 Å². The number of rotatable bonds is 5. The molecule has 2 aromatic rings. The lowest BCUT2D eigenvalue weighted by atomic mass is 9.98. The Bertz CT molecular complexity index is 757. The summed E-state index contributed by atoms with van der Waals surface area (Å²) in [5.41, 5.74) is 2.51. The molecule has 0 aliphatic carbocycles. The van der Waals surface area contributed by atoms with Gasteiger partial charge in [0.2, 0.25) is 0 Å². The Morgan fingerprint density at radius 3 is 2.50 bits per heavy atom. The minimum atomic E-state index is -0.0810. The Labute approximate surface area is 155 Å². The average molecular weight is 355 g/mol. The Kier molecular flexibility index (Phi) is 5.41. The number of carbonyl (C=O) groups excluding carboxylic acids is 1. The van der Waals surface area contributed by atoms with Gasteiger partial charge in [0.1, 0.15) is 0 Å². The maximum absolute atomic E-state index is 12.5. The molecule has 140 valence electrons. The predicted molar refractivity (Wildman–Crippen MR) is 103 cm³/mol. The van der Waals surface area contributed by atoms with Crippen molar-refractivity contribution in [3.8, 4) is 5.82 Å². The fourth-order valence-corrected chi connectivity index (χ4v) is 3.52. The van der Waals surface area contributed by atoms with Crippen LogP contribution in [0.1, 0.15) is 54.9 Å². The molecule has 3 heterocycles. The number of amides is 1. The van der Waals surface area contributed by atoms with Gasteiger partial charge in [-0.15, -0.1) is 0 Å². The molecule has 3 rings (SSSR count). The minimum absolute atomic E-state index is 0.0346. The summed E-state index contributed by atoms with van der Waals surface area (Å²) in [6.45, 7) is 11.2. The molecule has 0 unspecified atom stereocenters. The van der Waals surface area contributed by atoms with Gasteiger partial charge < -0.3 is 5.32 Å². The zero-order valence-electron chi connectivity index (χ0n) is 16.2. The molecule has 26 heavy (non-hydrogen) atoms. The quantitative estimate of drug-likeness (QED) is 0.896. The average Bonchev–Trinajstić information content (AvgIpc) is 2.99. The van der Waals surface area contributed by atoms with E-state index in [4.69, 9.17) is 0 Å². The lowest BCUT2D eigenvalue weighted by molar-refractivity contribution is 0.0797. The summed E-state index contributed by atoms with van der Waals surface area (Å²) in [4.78, 5) is 19.4. The first-order chi connectivity index (χ1) is 12.4. The van der Waals surface area contributed by atoms with E-state index in [2.05, 4.69) is 34.1 Å². The summed E-state index contributed by atoms with van der Waals surface area (Å²) >= 11 is 0. The molecule has 1 N–H and O–H groups in total. The molecule has 0 atom stereocenters. The normalized spacial score (nSPS) is 15.8. The van der Waals surface area contributed by atoms with E-state index < -0.39 is 0 Å². The van der Waals surface area contributed by atoms with Gasteiger partial charge in [0.15, 0.2) is 5.82 Å². The second kappa shape index (κ2) is 7.58. The predicted octanol–water partition coefficient (Wildman–Crippen LogP) is 2.88. The van der Waals surface area contributed by atoms with Crippen LogP contribution in [0.4, 0.5) is 0 Å². The molecule has 0 aromatic carbocycles. The van der Waals surface area contributed by atoms with Crippen LogP contribution in [0.2, 0.25) is 0 Å². The third-order valence-electron chi connectivity index (χ3n) is 5.13. The monoisotopic (exact) mass is 355 g/mol. The minimum Gasteiger partial charge on any atom is -0.350 e. The molecule has 0 bridgehead atoms. The van der Waals surface area contributed by atoms with Crippen molar-refractivity contribution >= 4 is 5.91 Å². The third-order valence-corrected chi connectivity index (χ3v) is 5.13. The molecule has 1 saturated heterocycles. The van der Waals surface area contributed by atoms with E-state index >= 15 is 0 Å². The molecule has 1 aliphatic heterocycles. The number of aryl methyl sites for hydroxylation is 2. The maximum Gasteiger partial charge on any atom is 0.252 e. The van der Waals surface area contributed by atoms with Crippen molar-refractivity contribution in [1.82, 2.24) is 25.0 Å². The molecule has 6 heteroatoms. The van der Waals surface area contributed by atoms with Crippen molar-refractivity contribution in [3.63, 3.8) is 0 Å². The van der Waals surface area contributed by atoms with Crippen molar-refractivity contribution in [1.29, 1.82) is 0 Å². The number of hydrogen-bond acceptors (Lipinski definition) is 4. The van der Waals surface area contributed by atoms with Gasteiger partial charge in [-0.2, -0.15) is 5.10 Å². The number of carbonyl (C=O) groups is 1. The van der Waals surface area contributed by atoms with Crippen LogP contribution < -0.4 is 5.32 Å². The van der Waals surface area contributed by atoms with E-state index in [0.717, 1.165) is 30.3 Å². The van der Waals surface area contributed by atoms with Crippen molar-refractivity contribution in [2.45, 2.75) is 52.5 Å². The Morgan fingerprint density at radius 2 is 1.92 bits per heavy atom. The molecule has 2 aromatic heterocycles. The highest BCUT2D eigenvalue weighted by Crippen LogP contribution is 2.20. The molecule has 1 amide bonds. The number of pyridine rings is 1. The first-order valence-corrected chi connectivity index (χ1v) is 9.40. The Hall–Kier alpha value is -2.21. The molecule has 1 aliphatic rings. The second-order valence-electron chi connectivity index (χ2n) is 7.79. The lowest BCUT2D eigenvalue weighted by Gasteiger charge is -2.41. The number of piperidine rings is 1. The van der Waals surface area contributed by atoms with Crippen LogP contribution in [0.15, 0.2) is 24.4 Å². The van der Waals surface area contributed by atoms with Crippen LogP contribution in [-0.2, 0) is 0 Å². The molecule has 0 spiro atoms. The first kappa shape index (κ1) is 18.6. The molecule has 0 saturated carbocycles. The first-order valence-electron chi connectivity index (χ1n) is 9.40. The van der Waals surface area contributed by atoms with Crippen LogP contribution >= 0.6 is 0 Å². The van der Waals surface area contributed by atoms with Gasteiger partial charge in [-0.25, -0.2) is 9.67 Å². The van der Waals surface area contributed by atoms with Crippen LogP contribution in [0, 0.1) is 13.8 Å². The van der Waals surface area contributed by atoms with E-state index in [1.165, 1.54) is 19.3 Å². The zero-order valence-corrected chi connectivity index (χ0v) is 16.2. The Morgan fingerprint density at radius 1 is 1.19 bits per heavy atom. The number of nitrogens with one attached hydrogen (secondary N) is 1. The fourth-order valence-electron chi connectivity index (χ4n) is 3.52. The highest BCUT2D eigenvalue weighted by molar-refractivity contribution is 5.94. The number of likely N-dealkylation sites (tertiary alicyclic amines) is 1. The van der Waals surface area contributed by atoms with Crippen molar-refractivity contribution in [2.24, 2.45) is 0 Å². The summed E-state index contributed by atoms with van der Waals surface area (Å²) < 4.78 is 1.79. The van der Waals surface area contributed by atoms with E-state index in [-0.39, 0.29) is 11.4 Å². The summed E-state index contributed by atoms with van der Waals surface area (Å²) in [6, 6.07) is 5.65. The number of aromatic nitrogens is 3. The standard InChI is InChI=1S/C20H29N5O/c1-15-12-16(2)25(23-15)18-9-8-17(13-21-18)19(26)22-14-20(3,4)24-10-6-5-7-11-24/h8-9,12-13H,5-7,10-11,14H2,1-4H3,(H,22,26). The van der Waals surface area contributed by atoms with Crippen molar-refractivity contribution in [3.05, 3.63) is 41.3 Å². The van der Waals surface area contributed by atoms with Gasteiger partial charge in [-0.1, -0.05) is 6.42 Å². The topological polar surface area (TPSA) is 63.1 Å². The van der Waals surface area contributed by atoms with E-state index in [0.29, 0.717) is 12.1 Å². The van der Waals surface area contributed by atoms with Gasteiger partial charge in [-0.05, 0) is 71.8 Å². The summed E-state index contributed by atoms with van der Waals surface area (Å²) in [6.07, 6.45) is 5.42. The zero-order chi connectivity index (χ0) is 18.7. The summed E-state index contributed by atoms with van der Waals surface area (Å²) in [5, 5.41) is 7.49. The van der Waals surface area contributed by atoms with E-state index in [1.54, 1.807) is 10.9 Å². The van der Waals surface area contributed by atoms with Crippen molar-refractivity contribution in [2.75, 3.05) is 19.6 Å². The van der Waals surface area contributed by atoms with E-state index in [9.17, 15) is 4.79 Å². The molecule has 1 fully saturated rings. The second-order valence-corrected chi connectivity index (χ2v) is 7.79. The van der Waals surface area contributed by atoms with Crippen LogP contribution in [0.5, 0.6) is 0 Å². The van der Waals surface area contributed by atoms with Gasteiger partial charge in [0, 0.05) is 24.0 Å². The summed E-state index contributed by atoms with van der Waals surface area (Å²) in [5.74, 6) is 0.642. The SMILES string of the molecule is Cc1cc(C)n(-c2ccc(C(=O)NCC(C)(C)N3CCCCC3)cn2)n1.